The third kappa shape index (κ3) is 4.49. The minimum Gasteiger partial charge on any atom is -0.497 e. The number of hydrogen-bond acceptors (Lipinski definition) is 5. The van der Waals surface area contributed by atoms with Crippen LogP contribution in [0.4, 0.5) is 5.69 Å². The number of benzene rings is 2. The smallest absolute Gasteiger partial charge is 0.276 e. The van der Waals surface area contributed by atoms with E-state index in [9.17, 15) is 13.2 Å². The van der Waals surface area contributed by atoms with E-state index in [0.29, 0.717) is 17.9 Å². The number of aromatic nitrogens is 2. The van der Waals surface area contributed by atoms with Crippen LogP contribution in [0.3, 0.4) is 0 Å². The second-order valence-electron chi connectivity index (χ2n) is 7.90. The summed E-state index contributed by atoms with van der Waals surface area (Å²) in [5.74, 6) is 0.437. The monoisotopic (exact) mass is 439 g/mol. The molecule has 1 saturated heterocycles. The van der Waals surface area contributed by atoms with Gasteiger partial charge in [0.1, 0.15) is 5.75 Å². The third-order valence-corrected chi connectivity index (χ3v) is 7.40. The van der Waals surface area contributed by atoms with Crippen LogP contribution in [0, 0.1) is 13.8 Å². The molecule has 2 aromatic carbocycles. The minimum absolute atomic E-state index is 0.0312. The molecule has 162 valence electrons. The van der Waals surface area contributed by atoms with Crippen LogP contribution in [0.2, 0.25) is 0 Å². The molecule has 1 aliphatic rings. The first kappa shape index (κ1) is 21.1. The van der Waals surface area contributed by atoms with Crippen molar-refractivity contribution < 1.29 is 17.9 Å². The molecule has 3 aromatic rings. The standard InChI is InChI=1S/C23H25N3O4S/c1-15-7-8-17(11-16(15)2)22-13-21(25-26(22)19-9-10-31(28,29)14-19)23(27)24-18-5-4-6-20(12-18)30-3/h4-8,11-13,19H,9-10,14H2,1-3H3,(H,24,27)/t19-/m0/s1. The first-order valence-electron chi connectivity index (χ1n) is 10.1. The van der Waals surface area contributed by atoms with Gasteiger partial charge in [-0.3, -0.25) is 9.48 Å². The van der Waals surface area contributed by atoms with Gasteiger partial charge in [-0.15, -0.1) is 0 Å². The number of carbonyl (C=O) groups excluding carboxylic acids is 1. The van der Waals surface area contributed by atoms with Crippen molar-refractivity contribution in [2.75, 3.05) is 23.9 Å². The summed E-state index contributed by atoms with van der Waals surface area (Å²) in [6.07, 6.45) is 0.485. The van der Waals surface area contributed by atoms with Crippen LogP contribution in [-0.4, -0.2) is 42.7 Å². The normalized spacial score (nSPS) is 17.5. The SMILES string of the molecule is COc1cccc(NC(=O)c2cc(-c3ccc(C)c(C)c3)n([C@H]3CCS(=O)(=O)C3)n2)c1. The van der Waals surface area contributed by atoms with E-state index >= 15 is 0 Å². The first-order valence-corrected chi connectivity index (χ1v) is 11.9. The molecule has 0 spiro atoms. The fourth-order valence-electron chi connectivity index (χ4n) is 3.76. The number of amides is 1. The Morgan fingerprint density at radius 1 is 1.13 bits per heavy atom. The molecule has 0 saturated carbocycles. The van der Waals surface area contributed by atoms with Crippen LogP contribution in [0.5, 0.6) is 5.75 Å². The molecule has 1 fully saturated rings. The molecule has 0 radical (unpaired) electrons. The summed E-state index contributed by atoms with van der Waals surface area (Å²) in [7, 11) is -1.54. The molecule has 1 N–H and O–H groups in total. The second kappa shape index (κ2) is 8.19. The van der Waals surface area contributed by atoms with Crippen molar-refractivity contribution in [1.82, 2.24) is 9.78 Å². The molecule has 31 heavy (non-hydrogen) atoms. The van der Waals surface area contributed by atoms with Gasteiger partial charge in [0.05, 0.1) is 30.4 Å². The highest BCUT2D eigenvalue weighted by molar-refractivity contribution is 7.91. The van der Waals surface area contributed by atoms with Crippen molar-refractivity contribution in [3.05, 3.63) is 65.4 Å². The highest BCUT2D eigenvalue weighted by Gasteiger charge is 2.32. The fourth-order valence-corrected chi connectivity index (χ4v) is 5.46. The van der Waals surface area contributed by atoms with Crippen molar-refractivity contribution >= 4 is 21.4 Å². The molecule has 8 heteroatoms. The minimum atomic E-state index is -3.10. The van der Waals surface area contributed by atoms with Crippen molar-refractivity contribution in [3.63, 3.8) is 0 Å². The molecule has 1 amide bonds. The Kier molecular flexibility index (Phi) is 5.58. The Bertz CT molecular complexity index is 1250. The summed E-state index contributed by atoms with van der Waals surface area (Å²) in [4.78, 5) is 12.9. The Morgan fingerprint density at radius 2 is 1.94 bits per heavy atom. The Morgan fingerprint density at radius 3 is 2.61 bits per heavy atom. The molecule has 2 heterocycles. The number of nitrogens with one attached hydrogen (secondary N) is 1. The molecule has 1 aromatic heterocycles. The van der Waals surface area contributed by atoms with E-state index in [1.54, 1.807) is 42.1 Å². The molecule has 0 aliphatic carbocycles. The summed E-state index contributed by atoms with van der Waals surface area (Å²) in [5, 5.41) is 7.37. The lowest BCUT2D eigenvalue weighted by Gasteiger charge is -2.14. The van der Waals surface area contributed by atoms with E-state index in [4.69, 9.17) is 4.74 Å². The average molecular weight is 440 g/mol. The Balaban J connectivity index is 1.71. The molecule has 0 unspecified atom stereocenters. The molecule has 4 rings (SSSR count). The van der Waals surface area contributed by atoms with Gasteiger partial charge in [-0.1, -0.05) is 18.2 Å². The predicted octanol–water partition coefficient (Wildman–Crippen LogP) is 3.79. The molecule has 1 aliphatic heterocycles. The molecule has 7 nitrogen and oxygen atoms in total. The Labute approximate surface area is 182 Å². The number of nitrogens with zero attached hydrogens (tertiary/aromatic N) is 2. The third-order valence-electron chi connectivity index (χ3n) is 5.65. The van der Waals surface area contributed by atoms with Gasteiger partial charge < -0.3 is 10.1 Å². The lowest BCUT2D eigenvalue weighted by molar-refractivity contribution is 0.102. The Hall–Kier alpha value is -3.13. The lowest BCUT2D eigenvalue weighted by Crippen LogP contribution is -2.16. The van der Waals surface area contributed by atoms with Crippen LogP contribution >= 0.6 is 0 Å². The number of ether oxygens (including phenoxy) is 1. The van der Waals surface area contributed by atoms with Gasteiger partial charge in [0, 0.05) is 17.3 Å². The van der Waals surface area contributed by atoms with E-state index in [1.165, 1.54) is 0 Å². The number of anilines is 1. The van der Waals surface area contributed by atoms with Gasteiger partial charge in [-0.2, -0.15) is 5.10 Å². The largest absolute Gasteiger partial charge is 0.497 e. The van der Waals surface area contributed by atoms with Crippen molar-refractivity contribution in [2.24, 2.45) is 0 Å². The van der Waals surface area contributed by atoms with Gasteiger partial charge in [0.25, 0.3) is 5.91 Å². The maximum absolute atomic E-state index is 12.9. The van der Waals surface area contributed by atoms with Gasteiger partial charge in [0.2, 0.25) is 0 Å². The van der Waals surface area contributed by atoms with Crippen LogP contribution in [0.1, 0.15) is 34.1 Å². The number of sulfone groups is 1. The quantitative estimate of drug-likeness (QED) is 0.653. The predicted molar refractivity (Wildman–Crippen MR) is 120 cm³/mol. The van der Waals surface area contributed by atoms with Gasteiger partial charge in [0.15, 0.2) is 15.5 Å². The topological polar surface area (TPSA) is 90.3 Å². The maximum Gasteiger partial charge on any atom is 0.276 e. The summed E-state index contributed by atoms with van der Waals surface area (Å²) >= 11 is 0. The zero-order chi connectivity index (χ0) is 22.2. The second-order valence-corrected chi connectivity index (χ2v) is 10.1. The highest BCUT2D eigenvalue weighted by Crippen LogP contribution is 2.31. The van der Waals surface area contributed by atoms with Crippen molar-refractivity contribution in [2.45, 2.75) is 26.3 Å². The summed E-state index contributed by atoms with van der Waals surface area (Å²) in [5.41, 5.74) is 4.75. The number of carbonyl (C=O) groups is 1. The zero-order valence-corrected chi connectivity index (χ0v) is 18.6. The molecule has 1 atom stereocenters. The molecular weight excluding hydrogens is 414 g/mol. The summed E-state index contributed by atoms with van der Waals surface area (Å²) in [6.45, 7) is 4.06. The number of hydrogen-bond donors (Lipinski definition) is 1. The van der Waals surface area contributed by atoms with Crippen LogP contribution < -0.4 is 10.1 Å². The van der Waals surface area contributed by atoms with Gasteiger partial charge in [-0.25, -0.2) is 8.42 Å². The van der Waals surface area contributed by atoms with E-state index in [1.807, 2.05) is 32.0 Å². The first-order chi connectivity index (χ1) is 14.8. The maximum atomic E-state index is 12.9. The van der Waals surface area contributed by atoms with Gasteiger partial charge in [-0.05, 0) is 55.7 Å². The van der Waals surface area contributed by atoms with Gasteiger partial charge >= 0.3 is 0 Å². The van der Waals surface area contributed by atoms with Crippen molar-refractivity contribution in [3.8, 4) is 17.0 Å². The van der Waals surface area contributed by atoms with Crippen LogP contribution in [0.25, 0.3) is 11.3 Å². The molecule has 0 bridgehead atoms. The summed E-state index contributed by atoms with van der Waals surface area (Å²) < 4.78 is 31.0. The zero-order valence-electron chi connectivity index (χ0n) is 17.8. The summed E-state index contributed by atoms with van der Waals surface area (Å²) in [6, 6.07) is 14.5. The van der Waals surface area contributed by atoms with Crippen molar-refractivity contribution in [1.29, 1.82) is 0 Å². The average Bonchev–Trinajstić information content (AvgIpc) is 3.33. The molecular formula is C23H25N3O4S. The van der Waals surface area contributed by atoms with E-state index < -0.39 is 9.84 Å². The lowest BCUT2D eigenvalue weighted by atomic mass is 10.0. The van der Waals surface area contributed by atoms with Crippen LogP contribution in [0.15, 0.2) is 48.5 Å². The van der Waals surface area contributed by atoms with E-state index in [2.05, 4.69) is 10.4 Å². The van der Waals surface area contributed by atoms with Crippen LogP contribution in [-0.2, 0) is 9.84 Å². The van der Waals surface area contributed by atoms with E-state index in [0.717, 1.165) is 22.4 Å². The number of aryl methyl sites for hydroxylation is 2. The number of rotatable bonds is 5. The number of methoxy groups -OCH3 is 1. The van der Waals surface area contributed by atoms with E-state index in [-0.39, 0.29) is 29.1 Å². The fraction of sp³-hybridized carbons (Fsp3) is 0.304. The highest BCUT2D eigenvalue weighted by atomic mass is 32.2.